The van der Waals surface area contributed by atoms with Gasteiger partial charge in [0.15, 0.2) is 0 Å². The molecule has 2 atom stereocenters. The zero-order valence-corrected chi connectivity index (χ0v) is 27.0. The minimum atomic E-state index is -0.815. The molecule has 4 N–H and O–H groups in total. The molecule has 0 radical (unpaired) electrons. The first-order valence-electron chi connectivity index (χ1n) is 15.7. The maximum absolute atomic E-state index is 14.2. The molecule has 0 saturated heterocycles. The van der Waals surface area contributed by atoms with E-state index in [-0.39, 0.29) is 17.7 Å². The minimum Gasteiger partial charge on any atom is -0.338 e. The van der Waals surface area contributed by atoms with Crippen molar-refractivity contribution >= 4 is 17.5 Å². The normalized spacial score (nSPS) is 15.2. The number of nitrogens with zero attached hydrogens (tertiary/aromatic N) is 4. The van der Waals surface area contributed by atoms with Crippen LogP contribution in [0.5, 0.6) is 0 Å². The van der Waals surface area contributed by atoms with E-state index in [2.05, 4.69) is 51.0 Å². The number of aromatic nitrogens is 4. The number of aryl methyl sites for hydroxylation is 4. The summed E-state index contributed by atoms with van der Waals surface area (Å²) in [5.74, 6) is -0.843. The molecule has 2 aromatic heterocycles. The van der Waals surface area contributed by atoms with Crippen molar-refractivity contribution in [3.63, 3.8) is 0 Å². The number of imidazole rings is 1. The zero-order valence-electron chi connectivity index (χ0n) is 27.0. The number of carbonyl (C=O) groups is 2. The van der Waals surface area contributed by atoms with Gasteiger partial charge in [-0.05, 0) is 92.1 Å². The maximum Gasteiger partial charge on any atom is 0.270 e. The summed E-state index contributed by atoms with van der Waals surface area (Å²) in [6.45, 7) is 5.97. The molecule has 0 saturated carbocycles. The summed E-state index contributed by atoms with van der Waals surface area (Å²) >= 11 is 0. The Bertz CT molecular complexity index is 1880. The van der Waals surface area contributed by atoms with E-state index in [1.165, 1.54) is 10.2 Å². The van der Waals surface area contributed by atoms with Gasteiger partial charge in [0.25, 0.3) is 5.91 Å². The third-order valence-electron chi connectivity index (χ3n) is 9.02. The molecule has 46 heavy (non-hydrogen) atoms. The van der Waals surface area contributed by atoms with Gasteiger partial charge in [-0.25, -0.2) is 4.98 Å². The quantitative estimate of drug-likeness (QED) is 0.202. The van der Waals surface area contributed by atoms with Gasteiger partial charge in [-0.3, -0.25) is 14.3 Å². The van der Waals surface area contributed by atoms with Gasteiger partial charge in [0.05, 0.1) is 17.7 Å². The van der Waals surface area contributed by atoms with Crippen LogP contribution < -0.4 is 16.4 Å². The third-order valence-corrected chi connectivity index (χ3v) is 9.02. The Labute approximate surface area is 269 Å². The van der Waals surface area contributed by atoms with Crippen LogP contribution in [0.15, 0.2) is 85.3 Å². The lowest BCUT2D eigenvalue weighted by atomic mass is 9.77. The number of amides is 2. The molecule has 5 aromatic rings. The van der Waals surface area contributed by atoms with Crippen LogP contribution in [-0.2, 0) is 30.8 Å². The molecule has 0 aliphatic heterocycles. The van der Waals surface area contributed by atoms with Gasteiger partial charge in [-0.2, -0.15) is 5.10 Å². The largest absolute Gasteiger partial charge is 0.338 e. The standard InChI is InChI=1S/C37H41N7O2/c1-23-34(43(4)22-39-23)25-14-16-29(17-15-25)41-36(46)33(42-35(45)32-18-19-40-44(32)5)30-11-7-8-24-12-13-27(21-31(24)30)26-9-6-10-28(20-26)37(2,3)38/h6,9-10,12-22,30,33H,7-8,11,38H2,1-5H3,(H,41,46)(H,42,45)/t30-,33+/m1/s1. The van der Waals surface area contributed by atoms with E-state index in [9.17, 15) is 9.59 Å². The minimum absolute atomic E-state index is 0.230. The molecule has 2 amide bonds. The topological polar surface area (TPSA) is 120 Å². The molecule has 1 aliphatic carbocycles. The van der Waals surface area contributed by atoms with Crippen molar-refractivity contribution in [2.45, 2.75) is 57.5 Å². The number of carbonyl (C=O) groups excluding carboxylic acids is 2. The highest BCUT2D eigenvalue weighted by molar-refractivity contribution is 6.01. The number of fused-ring (bicyclic) bond motifs is 1. The summed E-state index contributed by atoms with van der Waals surface area (Å²) in [6.07, 6.45) is 5.96. The zero-order chi connectivity index (χ0) is 32.6. The SMILES string of the molecule is Cc1ncn(C)c1-c1ccc(NC(=O)[C@@H](NC(=O)c2ccnn2C)[C@@H]2CCCc3ccc(-c4cccc(C(C)(C)N)c4)cc32)cc1. The number of nitrogens with two attached hydrogens (primary N) is 1. The lowest BCUT2D eigenvalue weighted by Crippen LogP contribution is -2.48. The van der Waals surface area contributed by atoms with Crippen molar-refractivity contribution in [2.24, 2.45) is 19.8 Å². The highest BCUT2D eigenvalue weighted by Gasteiger charge is 2.35. The van der Waals surface area contributed by atoms with Crippen LogP contribution in [0, 0.1) is 6.92 Å². The van der Waals surface area contributed by atoms with Crippen LogP contribution in [0.2, 0.25) is 0 Å². The number of hydrogen-bond acceptors (Lipinski definition) is 5. The fraction of sp³-hybridized carbons (Fsp3) is 0.297. The first-order chi connectivity index (χ1) is 22.0. The van der Waals surface area contributed by atoms with Gasteiger partial charge in [-0.15, -0.1) is 0 Å². The number of anilines is 1. The summed E-state index contributed by atoms with van der Waals surface area (Å²) < 4.78 is 3.50. The van der Waals surface area contributed by atoms with Crippen molar-refractivity contribution in [3.05, 3.63) is 113 Å². The molecule has 0 fully saturated rings. The Kier molecular flexibility index (Phi) is 8.35. The number of benzene rings is 3. The number of hydrogen-bond donors (Lipinski definition) is 3. The van der Waals surface area contributed by atoms with Crippen molar-refractivity contribution in [3.8, 4) is 22.4 Å². The van der Waals surface area contributed by atoms with E-state index in [1.54, 1.807) is 25.6 Å². The van der Waals surface area contributed by atoms with Gasteiger partial charge >= 0.3 is 0 Å². The average molecular weight is 616 g/mol. The lowest BCUT2D eigenvalue weighted by molar-refractivity contribution is -0.118. The first-order valence-corrected chi connectivity index (χ1v) is 15.7. The first kappa shape index (κ1) is 31.0. The highest BCUT2D eigenvalue weighted by Crippen LogP contribution is 2.38. The Morgan fingerprint density at radius 2 is 1.72 bits per heavy atom. The lowest BCUT2D eigenvalue weighted by Gasteiger charge is -2.32. The molecule has 236 valence electrons. The highest BCUT2D eigenvalue weighted by atomic mass is 16.2. The predicted octanol–water partition coefficient (Wildman–Crippen LogP) is 5.85. The summed E-state index contributed by atoms with van der Waals surface area (Å²) in [6, 6.07) is 23.3. The second kappa shape index (κ2) is 12.4. The van der Waals surface area contributed by atoms with Crippen LogP contribution in [0.4, 0.5) is 5.69 Å². The van der Waals surface area contributed by atoms with Crippen molar-refractivity contribution in [1.82, 2.24) is 24.6 Å². The Morgan fingerprint density at radius 1 is 0.978 bits per heavy atom. The van der Waals surface area contributed by atoms with E-state index in [0.717, 1.165) is 58.5 Å². The molecule has 1 aliphatic rings. The van der Waals surface area contributed by atoms with Gasteiger partial charge in [0.2, 0.25) is 5.91 Å². The molecular formula is C37H41N7O2. The summed E-state index contributed by atoms with van der Waals surface area (Å²) in [5.41, 5.74) is 15.4. The molecule has 9 heteroatoms. The van der Waals surface area contributed by atoms with Crippen molar-refractivity contribution in [2.75, 3.05) is 5.32 Å². The summed E-state index contributed by atoms with van der Waals surface area (Å²) in [4.78, 5) is 32.1. The molecule has 0 unspecified atom stereocenters. The molecule has 0 bridgehead atoms. The average Bonchev–Trinajstić information content (AvgIpc) is 3.63. The molecule has 2 heterocycles. The van der Waals surface area contributed by atoms with Gasteiger partial charge in [-0.1, -0.05) is 48.5 Å². The van der Waals surface area contributed by atoms with E-state index >= 15 is 0 Å². The third kappa shape index (κ3) is 6.23. The fourth-order valence-electron chi connectivity index (χ4n) is 6.51. The fourth-order valence-corrected chi connectivity index (χ4v) is 6.51. The Hall–Kier alpha value is -5.02. The Balaban J connectivity index is 1.34. The number of rotatable bonds is 8. The van der Waals surface area contributed by atoms with Crippen LogP contribution in [0.25, 0.3) is 22.4 Å². The van der Waals surface area contributed by atoms with E-state index in [1.807, 2.05) is 68.8 Å². The number of nitrogens with one attached hydrogen (secondary N) is 2. The Morgan fingerprint density at radius 3 is 2.39 bits per heavy atom. The molecule has 3 aromatic carbocycles. The van der Waals surface area contributed by atoms with Crippen LogP contribution in [-0.4, -0.2) is 37.2 Å². The van der Waals surface area contributed by atoms with Gasteiger partial charge in [0, 0.05) is 43.0 Å². The van der Waals surface area contributed by atoms with Gasteiger partial charge < -0.3 is 20.9 Å². The van der Waals surface area contributed by atoms with E-state index < -0.39 is 11.6 Å². The smallest absolute Gasteiger partial charge is 0.270 e. The monoisotopic (exact) mass is 615 g/mol. The van der Waals surface area contributed by atoms with Gasteiger partial charge in [0.1, 0.15) is 11.7 Å². The predicted molar refractivity (Wildman–Crippen MR) is 181 cm³/mol. The second-order valence-corrected chi connectivity index (χ2v) is 12.9. The molecule has 0 spiro atoms. The van der Waals surface area contributed by atoms with Crippen LogP contribution in [0.1, 0.15) is 65.5 Å². The van der Waals surface area contributed by atoms with Crippen molar-refractivity contribution in [1.29, 1.82) is 0 Å². The van der Waals surface area contributed by atoms with Crippen molar-refractivity contribution < 1.29 is 9.59 Å². The van der Waals surface area contributed by atoms with E-state index in [4.69, 9.17) is 5.73 Å². The molecule has 6 rings (SSSR count). The maximum atomic E-state index is 14.2. The molecule has 9 nitrogen and oxygen atoms in total. The van der Waals surface area contributed by atoms with Crippen LogP contribution >= 0.6 is 0 Å². The van der Waals surface area contributed by atoms with Crippen LogP contribution in [0.3, 0.4) is 0 Å². The second-order valence-electron chi connectivity index (χ2n) is 12.9. The summed E-state index contributed by atoms with van der Waals surface area (Å²) in [7, 11) is 3.68. The summed E-state index contributed by atoms with van der Waals surface area (Å²) in [5, 5.41) is 10.3. The molecular weight excluding hydrogens is 574 g/mol. The van der Waals surface area contributed by atoms with E-state index in [0.29, 0.717) is 11.4 Å².